The number of nitrogens with zero attached hydrogens (tertiary/aromatic N) is 3. The second kappa shape index (κ2) is 6.17. The van der Waals surface area contributed by atoms with Gasteiger partial charge in [-0.2, -0.15) is 0 Å². The maximum absolute atomic E-state index is 11.6. The first-order valence-corrected chi connectivity index (χ1v) is 6.35. The molecule has 1 unspecified atom stereocenters. The van der Waals surface area contributed by atoms with Crippen molar-refractivity contribution in [1.82, 2.24) is 9.55 Å². The van der Waals surface area contributed by atoms with Gasteiger partial charge in [0, 0.05) is 30.9 Å². The molecule has 0 saturated carbocycles. The highest BCUT2D eigenvalue weighted by molar-refractivity contribution is 5.73. The van der Waals surface area contributed by atoms with Crippen molar-refractivity contribution in [2.75, 3.05) is 7.11 Å². The van der Waals surface area contributed by atoms with E-state index in [2.05, 4.69) is 4.98 Å². The van der Waals surface area contributed by atoms with E-state index in [4.69, 9.17) is 4.74 Å². The molecule has 7 heteroatoms. The molecule has 0 aliphatic carbocycles. The molecule has 1 aromatic heterocycles. The van der Waals surface area contributed by atoms with Crippen LogP contribution >= 0.6 is 0 Å². The Morgan fingerprint density at radius 2 is 2.29 bits per heavy atom. The van der Waals surface area contributed by atoms with Crippen molar-refractivity contribution in [1.29, 1.82) is 0 Å². The van der Waals surface area contributed by atoms with Gasteiger partial charge in [-0.25, -0.2) is 9.78 Å². The van der Waals surface area contributed by atoms with Crippen molar-refractivity contribution in [3.05, 3.63) is 58.2 Å². The van der Waals surface area contributed by atoms with Gasteiger partial charge in [-0.15, -0.1) is 0 Å². The lowest BCUT2D eigenvalue weighted by molar-refractivity contribution is -0.384. The third-order valence-corrected chi connectivity index (χ3v) is 3.19. The fourth-order valence-electron chi connectivity index (χ4n) is 2.08. The van der Waals surface area contributed by atoms with Gasteiger partial charge in [0.05, 0.1) is 12.0 Å². The summed E-state index contributed by atoms with van der Waals surface area (Å²) in [6.07, 6.45) is 3.68. The van der Waals surface area contributed by atoms with E-state index >= 15 is 0 Å². The summed E-state index contributed by atoms with van der Waals surface area (Å²) < 4.78 is 6.41. The molecular formula is C14H15N3O4. The number of ether oxygens (including phenoxy) is 1. The number of esters is 1. The Morgan fingerprint density at radius 3 is 2.95 bits per heavy atom. The van der Waals surface area contributed by atoms with E-state index in [0.29, 0.717) is 12.2 Å². The Morgan fingerprint density at radius 1 is 1.52 bits per heavy atom. The molecule has 1 heterocycles. The number of hydrogen-bond donors (Lipinski definition) is 0. The predicted molar refractivity (Wildman–Crippen MR) is 74.9 cm³/mol. The topological polar surface area (TPSA) is 87.3 Å². The number of methoxy groups -OCH3 is 1. The van der Waals surface area contributed by atoms with Gasteiger partial charge in [0.15, 0.2) is 0 Å². The molecule has 21 heavy (non-hydrogen) atoms. The molecule has 1 atom stereocenters. The van der Waals surface area contributed by atoms with Gasteiger partial charge < -0.3 is 9.30 Å². The molecule has 0 fully saturated rings. The van der Waals surface area contributed by atoms with Crippen molar-refractivity contribution in [2.24, 2.45) is 0 Å². The van der Waals surface area contributed by atoms with E-state index in [-0.39, 0.29) is 11.7 Å². The Bertz CT molecular complexity index is 666. The van der Waals surface area contributed by atoms with Crippen molar-refractivity contribution in [3.8, 4) is 0 Å². The summed E-state index contributed by atoms with van der Waals surface area (Å²) in [5, 5.41) is 10.8. The van der Waals surface area contributed by atoms with Crippen LogP contribution in [0.1, 0.15) is 24.4 Å². The lowest BCUT2D eigenvalue weighted by Crippen LogP contribution is -2.19. The SMILES string of the molecule is COC(=O)C(C)n1ccnc1Cc1cccc([N+](=O)[O-])c1. The number of nitro groups is 1. The van der Waals surface area contributed by atoms with Crippen LogP contribution in [0.4, 0.5) is 5.69 Å². The lowest BCUT2D eigenvalue weighted by Gasteiger charge is -2.14. The maximum Gasteiger partial charge on any atom is 0.328 e. The molecule has 110 valence electrons. The molecule has 0 bridgehead atoms. The zero-order chi connectivity index (χ0) is 15.4. The molecule has 0 aliphatic rings. The van der Waals surface area contributed by atoms with Gasteiger partial charge in [0.1, 0.15) is 11.9 Å². The van der Waals surface area contributed by atoms with Crippen LogP contribution in [0.5, 0.6) is 0 Å². The average molecular weight is 289 g/mol. The zero-order valence-electron chi connectivity index (χ0n) is 11.7. The summed E-state index contributed by atoms with van der Waals surface area (Å²) in [7, 11) is 1.33. The molecule has 2 rings (SSSR count). The molecule has 0 radical (unpaired) electrons. The Kier molecular flexibility index (Phi) is 4.32. The van der Waals surface area contributed by atoms with Crippen LogP contribution in [-0.2, 0) is 16.0 Å². The van der Waals surface area contributed by atoms with Crippen LogP contribution in [0.25, 0.3) is 0 Å². The zero-order valence-corrected chi connectivity index (χ0v) is 11.7. The van der Waals surface area contributed by atoms with Crippen LogP contribution in [0.3, 0.4) is 0 Å². The number of aromatic nitrogens is 2. The van der Waals surface area contributed by atoms with E-state index in [1.807, 2.05) is 0 Å². The fraction of sp³-hybridized carbons (Fsp3) is 0.286. The van der Waals surface area contributed by atoms with E-state index in [1.165, 1.54) is 19.2 Å². The number of hydrogen-bond acceptors (Lipinski definition) is 5. The van der Waals surface area contributed by atoms with Crippen molar-refractivity contribution < 1.29 is 14.5 Å². The molecule has 0 N–H and O–H groups in total. The number of rotatable bonds is 5. The normalized spacial score (nSPS) is 11.9. The molecular weight excluding hydrogens is 274 g/mol. The van der Waals surface area contributed by atoms with Crippen molar-refractivity contribution in [3.63, 3.8) is 0 Å². The Balaban J connectivity index is 2.25. The Labute approximate surface area is 121 Å². The second-order valence-corrected chi connectivity index (χ2v) is 4.55. The first-order chi connectivity index (χ1) is 10.0. The molecule has 0 amide bonds. The number of imidazole rings is 1. The number of benzene rings is 1. The van der Waals surface area contributed by atoms with E-state index in [1.54, 1.807) is 36.0 Å². The highest BCUT2D eigenvalue weighted by Gasteiger charge is 2.18. The summed E-state index contributed by atoms with van der Waals surface area (Å²) in [4.78, 5) is 26.2. The second-order valence-electron chi connectivity index (χ2n) is 4.55. The van der Waals surface area contributed by atoms with Crippen molar-refractivity contribution >= 4 is 11.7 Å². The molecule has 1 aromatic carbocycles. The third-order valence-electron chi connectivity index (χ3n) is 3.19. The monoisotopic (exact) mass is 289 g/mol. The van der Waals surface area contributed by atoms with Gasteiger partial charge in [0.25, 0.3) is 5.69 Å². The smallest absolute Gasteiger partial charge is 0.328 e. The van der Waals surface area contributed by atoms with Gasteiger partial charge in [0.2, 0.25) is 0 Å². The standard InChI is InChI=1S/C14H15N3O4/c1-10(14(18)21-2)16-7-6-15-13(16)9-11-4-3-5-12(8-11)17(19)20/h3-8,10H,9H2,1-2H3. The fourth-order valence-corrected chi connectivity index (χ4v) is 2.08. The maximum atomic E-state index is 11.6. The van der Waals surface area contributed by atoms with E-state index < -0.39 is 11.0 Å². The van der Waals surface area contributed by atoms with Crippen LogP contribution in [0.2, 0.25) is 0 Å². The molecule has 2 aromatic rings. The van der Waals surface area contributed by atoms with Crippen LogP contribution in [-0.4, -0.2) is 27.6 Å². The average Bonchev–Trinajstić information content (AvgIpc) is 2.94. The first kappa shape index (κ1) is 14.7. The molecule has 0 aliphatic heterocycles. The number of carbonyl (C=O) groups is 1. The molecule has 0 saturated heterocycles. The lowest BCUT2D eigenvalue weighted by atomic mass is 10.1. The largest absolute Gasteiger partial charge is 0.467 e. The summed E-state index contributed by atoms with van der Waals surface area (Å²) in [5.74, 6) is 0.279. The number of non-ortho nitro benzene ring substituents is 1. The molecule has 7 nitrogen and oxygen atoms in total. The highest BCUT2D eigenvalue weighted by Crippen LogP contribution is 2.18. The minimum atomic E-state index is -0.494. The first-order valence-electron chi connectivity index (χ1n) is 6.35. The molecule has 0 spiro atoms. The van der Waals surface area contributed by atoms with Gasteiger partial charge >= 0.3 is 5.97 Å². The summed E-state index contributed by atoms with van der Waals surface area (Å²) in [6, 6.07) is 5.86. The quantitative estimate of drug-likeness (QED) is 0.478. The number of carbonyl (C=O) groups excluding carboxylic acids is 1. The van der Waals surface area contributed by atoms with Crippen molar-refractivity contribution in [2.45, 2.75) is 19.4 Å². The van der Waals surface area contributed by atoms with Gasteiger partial charge in [-0.3, -0.25) is 10.1 Å². The third kappa shape index (κ3) is 3.25. The minimum Gasteiger partial charge on any atom is -0.467 e. The van der Waals surface area contributed by atoms with Crippen LogP contribution in [0, 0.1) is 10.1 Å². The van der Waals surface area contributed by atoms with Gasteiger partial charge in [-0.1, -0.05) is 12.1 Å². The predicted octanol–water partition coefficient (Wildman–Crippen LogP) is 2.12. The van der Waals surface area contributed by atoms with Gasteiger partial charge in [-0.05, 0) is 12.5 Å². The summed E-state index contributed by atoms with van der Waals surface area (Å²) in [5.41, 5.74) is 0.792. The van der Waals surface area contributed by atoms with E-state index in [0.717, 1.165) is 5.56 Å². The minimum absolute atomic E-state index is 0.0339. The number of nitro benzene ring substituents is 1. The summed E-state index contributed by atoms with van der Waals surface area (Å²) in [6.45, 7) is 1.71. The van der Waals surface area contributed by atoms with Crippen LogP contribution < -0.4 is 0 Å². The van der Waals surface area contributed by atoms with Crippen LogP contribution in [0.15, 0.2) is 36.7 Å². The summed E-state index contributed by atoms with van der Waals surface area (Å²) >= 11 is 0. The van der Waals surface area contributed by atoms with E-state index in [9.17, 15) is 14.9 Å². The highest BCUT2D eigenvalue weighted by atomic mass is 16.6. The Hall–Kier alpha value is -2.70.